The number of aliphatic carboxylic acids is 1. The number of nitro groups is 1. The first-order chi connectivity index (χ1) is 10.9. The summed E-state index contributed by atoms with van der Waals surface area (Å²) < 4.78 is 0. The number of nitrogens with zero attached hydrogens (tertiary/aromatic N) is 1. The molecule has 5 heteroatoms. The molecule has 122 valence electrons. The Hall–Kier alpha value is -1.91. The van der Waals surface area contributed by atoms with Gasteiger partial charge in [0.15, 0.2) is 0 Å². The number of nitro benzene ring substituents is 1. The lowest BCUT2D eigenvalue weighted by Crippen LogP contribution is -2.54. The Morgan fingerprint density at radius 3 is 2.30 bits per heavy atom. The highest BCUT2D eigenvalue weighted by Crippen LogP contribution is 2.66. The molecule has 2 atom stereocenters. The SMILES string of the molecule is O=C(O)CC12CC3CC(C1)CC(c1ccc([N+](=O)[O-])cc1)(C3)C2. The van der Waals surface area contributed by atoms with Crippen molar-refractivity contribution in [1.82, 2.24) is 0 Å². The number of carbonyl (C=O) groups is 1. The van der Waals surface area contributed by atoms with Gasteiger partial charge in [0, 0.05) is 12.1 Å². The van der Waals surface area contributed by atoms with Gasteiger partial charge >= 0.3 is 5.97 Å². The minimum absolute atomic E-state index is 0.0364. The van der Waals surface area contributed by atoms with Crippen molar-refractivity contribution >= 4 is 11.7 Å². The van der Waals surface area contributed by atoms with E-state index in [-0.39, 0.29) is 27.9 Å². The summed E-state index contributed by atoms with van der Waals surface area (Å²) in [4.78, 5) is 21.9. The topological polar surface area (TPSA) is 80.4 Å². The molecule has 1 aromatic carbocycles. The summed E-state index contributed by atoms with van der Waals surface area (Å²) in [6, 6.07) is 7.00. The summed E-state index contributed by atoms with van der Waals surface area (Å²) in [6.07, 6.45) is 6.75. The average Bonchev–Trinajstić information content (AvgIpc) is 2.44. The van der Waals surface area contributed by atoms with Crippen molar-refractivity contribution in [1.29, 1.82) is 0 Å². The third-order valence-electron chi connectivity index (χ3n) is 6.40. The van der Waals surface area contributed by atoms with Crippen LogP contribution in [-0.4, -0.2) is 16.0 Å². The smallest absolute Gasteiger partial charge is 0.303 e. The summed E-state index contributed by atoms with van der Waals surface area (Å²) in [5, 5.41) is 20.2. The first-order valence-electron chi connectivity index (χ1n) is 8.37. The normalized spacial score (nSPS) is 37.7. The maximum Gasteiger partial charge on any atom is 0.303 e. The van der Waals surface area contributed by atoms with E-state index in [0.29, 0.717) is 11.8 Å². The lowest BCUT2D eigenvalue weighted by atomic mass is 9.42. The van der Waals surface area contributed by atoms with E-state index >= 15 is 0 Å². The van der Waals surface area contributed by atoms with E-state index in [1.807, 2.05) is 12.1 Å². The molecule has 0 aliphatic heterocycles. The number of hydrogen-bond acceptors (Lipinski definition) is 3. The molecular weight excluding hydrogens is 294 g/mol. The number of hydrogen-bond donors (Lipinski definition) is 1. The summed E-state index contributed by atoms with van der Waals surface area (Å²) in [7, 11) is 0. The third kappa shape index (κ3) is 2.33. The molecule has 0 amide bonds. The maximum absolute atomic E-state index is 11.4. The Kier molecular flexibility index (Phi) is 3.06. The Balaban J connectivity index is 1.70. The van der Waals surface area contributed by atoms with Crippen LogP contribution in [0.2, 0.25) is 0 Å². The van der Waals surface area contributed by atoms with Gasteiger partial charge in [-0.05, 0) is 66.8 Å². The highest BCUT2D eigenvalue weighted by atomic mass is 16.6. The second kappa shape index (κ2) is 4.79. The Morgan fingerprint density at radius 2 is 1.78 bits per heavy atom. The average molecular weight is 315 g/mol. The predicted octanol–water partition coefficient (Wildman–Crippen LogP) is 3.91. The van der Waals surface area contributed by atoms with E-state index in [9.17, 15) is 20.0 Å². The molecule has 1 aromatic rings. The number of benzene rings is 1. The molecule has 4 bridgehead atoms. The van der Waals surface area contributed by atoms with Crippen molar-refractivity contribution in [3.63, 3.8) is 0 Å². The van der Waals surface area contributed by atoms with Gasteiger partial charge in [-0.2, -0.15) is 0 Å². The summed E-state index contributed by atoms with van der Waals surface area (Å²) >= 11 is 0. The van der Waals surface area contributed by atoms with Crippen LogP contribution in [-0.2, 0) is 10.2 Å². The van der Waals surface area contributed by atoms with Gasteiger partial charge in [-0.25, -0.2) is 0 Å². The fourth-order valence-corrected chi connectivity index (χ4v) is 6.25. The standard InChI is InChI=1S/C18H21NO4/c20-16(21)10-17-6-12-5-13(7-17)9-18(8-12,11-17)14-1-3-15(4-2-14)19(22)23/h1-4,12-13H,5-11H2,(H,20,21). The van der Waals surface area contributed by atoms with E-state index in [1.165, 1.54) is 12.0 Å². The van der Waals surface area contributed by atoms with Crippen molar-refractivity contribution in [2.75, 3.05) is 0 Å². The molecule has 0 radical (unpaired) electrons. The molecule has 4 aliphatic carbocycles. The minimum atomic E-state index is -0.689. The molecule has 0 spiro atoms. The maximum atomic E-state index is 11.4. The predicted molar refractivity (Wildman–Crippen MR) is 84.1 cm³/mol. The monoisotopic (exact) mass is 315 g/mol. The van der Waals surface area contributed by atoms with Crippen LogP contribution in [0.15, 0.2) is 24.3 Å². The second-order valence-corrected chi connectivity index (χ2v) is 8.12. The Bertz CT molecular complexity index is 652. The van der Waals surface area contributed by atoms with Crippen molar-refractivity contribution in [2.45, 2.75) is 50.4 Å². The van der Waals surface area contributed by atoms with Gasteiger partial charge in [0.1, 0.15) is 0 Å². The van der Waals surface area contributed by atoms with Crippen molar-refractivity contribution in [3.05, 3.63) is 39.9 Å². The van der Waals surface area contributed by atoms with Crippen molar-refractivity contribution < 1.29 is 14.8 Å². The van der Waals surface area contributed by atoms with Gasteiger partial charge in [-0.3, -0.25) is 14.9 Å². The molecule has 0 saturated heterocycles. The van der Waals surface area contributed by atoms with Crippen LogP contribution in [0.3, 0.4) is 0 Å². The Morgan fingerprint density at radius 1 is 1.17 bits per heavy atom. The summed E-state index contributed by atoms with van der Waals surface area (Å²) in [6.45, 7) is 0. The van der Waals surface area contributed by atoms with Crippen LogP contribution in [0, 0.1) is 27.4 Å². The van der Waals surface area contributed by atoms with Gasteiger partial charge in [0.2, 0.25) is 0 Å². The first kappa shape index (κ1) is 14.7. The van der Waals surface area contributed by atoms with Gasteiger partial charge in [0.05, 0.1) is 11.3 Å². The van der Waals surface area contributed by atoms with Crippen LogP contribution in [0.1, 0.15) is 50.5 Å². The van der Waals surface area contributed by atoms with Crippen LogP contribution < -0.4 is 0 Å². The molecule has 1 N–H and O–H groups in total. The lowest BCUT2D eigenvalue weighted by Gasteiger charge is -2.62. The molecule has 4 fully saturated rings. The summed E-state index contributed by atoms with van der Waals surface area (Å²) in [5.41, 5.74) is 1.28. The zero-order valence-corrected chi connectivity index (χ0v) is 13.0. The lowest BCUT2D eigenvalue weighted by molar-refractivity contribution is -0.384. The van der Waals surface area contributed by atoms with E-state index in [2.05, 4.69) is 0 Å². The van der Waals surface area contributed by atoms with Crippen LogP contribution in [0.5, 0.6) is 0 Å². The molecule has 4 aliphatic rings. The van der Waals surface area contributed by atoms with Gasteiger partial charge in [-0.15, -0.1) is 0 Å². The fraction of sp³-hybridized carbons (Fsp3) is 0.611. The largest absolute Gasteiger partial charge is 0.481 e. The molecule has 5 rings (SSSR count). The first-order valence-corrected chi connectivity index (χ1v) is 8.37. The second-order valence-electron chi connectivity index (χ2n) is 8.12. The molecule has 0 heterocycles. The van der Waals surface area contributed by atoms with Gasteiger partial charge in [-0.1, -0.05) is 12.1 Å². The Labute approximate surface area is 134 Å². The molecule has 0 aromatic heterocycles. The summed E-state index contributed by atoms with van der Waals surface area (Å²) in [5.74, 6) is 0.544. The molecule has 4 saturated carbocycles. The van der Waals surface area contributed by atoms with Crippen molar-refractivity contribution in [2.24, 2.45) is 17.3 Å². The highest BCUT2D eigenvalue weighted by molar-refractivity contribution is 5.68. The highest BCUT2D eigenvalue weighted by Gasteiger charge is 2.58. The van der Waals surface area contributed by atoms with Gasteiger partial charge < -0.3 is 5.11 Å². The molecule has 5 nitrogen and oxygen atoms in total. The molecule has 23 heavy (non-hydrogen) atoms. The number of non-ortho nitro benzene ring substituents is 1. The van der Waals surface area contributed by atoms with E-state index in [4.69, 9.17) is 0 Å². The quantitative estimate of drug-likeness (QED) is 0.675. The van der Waals surface area contributed by atoms with Crippen LogP contribution >= 0.6 is 0 Å². The van der Waals surface area contributed by atoms with Gasteiger partial charge in [0.25, 0.3) is 5.69 Å². The van der Waals surface area contributed by atoms with Crippen molar-refractivity contribution in [3.8, 4) is 0 Å². The number of carboxylic acids is 1. The molecule has 2 unspecified atom stereocenters. The van der Waals surface area contributed by atoms with E-state index < -0.39 is 5.97 Å². The third-order valence-corrected chi connectivity index (χ3v) is 6.40. The van der Waals surface area contributed by atoms with E-state index in [1.54, 1.807) is 12.1 Å². The molecular formula is C18H21NO4. The van der Waals surface area contributed by atoms with Crippen LogP contribution in [0.4, 0.5) is 5.69 Å². The van der Waals surface area contributed by atoms with Crippen LogP contribution in [0.25, 0.3) is 0 Å². The number of carboxylic acid groups (broad SMARTS) is 1. The fourth-order valence-electron chi connectivity index (χ4n) is 6.25. The zero-order chi connectivity index (χ0) is 16.2. The number of rotatable bonds is 4. The zero-order valence-electron chi connectivity index (χ0n) is 13.0. The minimum Gasteiger partial charge on any atom is -0.481 e. The van der Waals surface area contributed by atoms with E-state index in [0.717, 1.165) is 32.1 Å².